The molecule has 0 spiro atoms. The molecule has 194 valence electrons. The summed E-state index contributed by atoms with van der Waals surface area (Å²) in [6, 6.07) is 3.69. The molecule has 12 nitrogen and oxygen atoms in total. The predicted octanol–water partition coefficient (Wildman–Crippen LogP) is -1.00. The molecule has 8 N–H and O–H groups in total. The fraction of sp³-hybridized carbons (Fsp3) is 0.522. The Hall–Kier alpha value is -3.51. The van der Waals surface area contributed by atoms with Crippen LogP contribution in [0, 0.1) is 5.92 Å². The molecule has 1 aromatic carbocycles. The van der Waals surface area contributed by atoms with Crippen LogP contribution < -0.4 is 21.7 Å². The standard InChI is InChI=1S/C23H34N4O8/c1-3-13(2)19(27-20(31)15(24)12-28)22(33)26-17(11-14-7-5-4-6-8-14)21(32)25-16(23(34)35)9-10-18(29)30/h4-8,13,15-17,19,28H,3,9-12,24H2,1-2H3,(H,25,32)(H,26,33)(H,27,31)(H,29,30)(H,34,35). The van der Waals surface area contributed by atoms with Crippen molar-refractivity contribution in [1.82, 2.24) is 16.0 Å². The molecular formula is C23H34N4O8. The molecule has 0 aliphatic carbocycles. The monoisotopic (exact) mass is 494 g/mol. The summed E-state index contributed by atoms with van der Waals surface area (Å²) >= 11 is 0. The molecule has 0 heterocycles. The van der Waals surface area contributed by atoms with Crippen molar-refractivity contribution in [3.63, 3.8) is 0 Å². The van der Waals surface area contributed by atoms with Crippen LogP contribution in [0.15, 0.2) is 30.3 Å². The highest BCUT2D eigenvalue weighted by atomic mass is 16.4. The number of nitrogens with one attached hydrogen (secondary N) is 3. The molecule has 0 radical (unpaired) electrons. The van der Waals surface area contributed by atoms with E-state index in [0.717, 1.165) is 0 Å². The Labute approximate surface area is 203 Å². The predicted molar refractivity (Wildman–Crippen MR) is 125 cm³/mol. The van der Waals surface area contributed by atoms with E-state index in [9.17, 15) is 29.1 Å². The number of nitrogens with two attached hydrogens (primary N) is 1. The third-order valence-corrected chi connectivity index (χ3v) is 5.50. The first-order valence-electron chi connectivity index (χ1n) is 11.3. The third-order valence-electron chi connectivity index (χ3n) is 5.50. The summed E-state index contributed by atoms with van der Waals surface area (Å²) in [4.78, 5) is 60.7. The van der Waals surface area contributed by atoms with Gasteiger partial charge in [-0.2, -0.15) is 0 Å². The maximum Gasteiger partial charge on any atom is 0.326 e. The van der Waals surface area contributed by atoms with Crippen LogP contribution in [0.4, 0.5) is 0 Å². The second-order valence-electron chi connectivity index (χ2n) is 8.24. The first-order valence-corrected chi connectivity index (χ1v) is 11.3. The molecular weight excluding hydrogens is 460 g/mol. The number of carbonyl (C=O) groups is 5. The summed E-state index contributed by atoms with van der Waals surface area (Å²) in [6.07, 6.45) is -0.299. The summed E-state index contributed by atoms with van der Waals surface area (Å²) in [5, 5.41) is 34.7. The van der Waals surface area contributed by atoms with Crippen LogP contribution in [0.3, 0.4) is 0 Å². The first-order chi connectivity index (χ1) is 16.5. The Balaban J connectivity index is 3.13. The second kappa shape index (κ2) is 14.7. The minimum absolute atomic E-state index is 0.0149. The molecule has 0 bridgehead atoms. The number of carboxylic acids is 2. The lowest BCUT2D eigenvalue weighted by atomic mass is 9.96. The summed E-state index contributed by atoms with van der Waals surface area (Å²) in [7, 11) is 0. The molecule has 0 saturated heterocycles. The molecule has 0 aliphatic heterocycles. The van der Waals surface area contributed by atoms with E-state index in [4.69, 9.17) is 15.9 Å². The first kappa shape index (κ1) is 29.5. The second-order valence-corrected chi connectivity index (χ2v) is 8.24. The zero-order chi connectivity index (χ0) is 26.5. The molecule has 0 aliphatic rings. The fourth-order valence-electron chi connectivity index (χ4n) is 3.16. The van der Waals surface area contributed by atoms with Crippen molar-refractivity contribution in [2.75, 3.05) is 6.61 Å². The molecule has 5 atom stereocenters. The molecule has 12 heteroatoms. The van der Waals surface area contributed by atoms with Crippen molar-refractivity contribution < 1.29 is 39.3 Å². The lowest BCUT2D eigenvalue weighted by Gasteiger charge is -2.28. The lowest BCUT2D eigenvalue weighted by Crippen LogP contribution is -2.59. The number of hydrogen-bond acceptors (Lipinski definition) is 7. The largest absolute Gasteiger partial charge is 0.481 e. The van der Waals surface area contributed by atoms with Gasteiger partial charge in [0, 0.05) is 12.8 Å². The van der Waals surface area contributed by atoms with Crippen molar-refractivity contribution >= 4 is 29.7 Å². The molecule has 3 amide bonds. The van der Waals surface area contributed by atoms with Crippen molar-refractivity contribution in [3.8, 4) is 0 Å². The maximum absolute atomic E-state index is 13.1. The van der Waals surface area contributed by atoms with E-state index in [1.54, 1.807) is 44.2 Å². The van der Waals surface area contributed by atoms with E-state index >= 15 is 0 Å². The van der Waals surface area contributed by atoms with E-state index in [1.807, 2.05) is 0 Å². The Morgan fingerprint density at radius 2 is 1.51 bits per heavy atom. The molecule has 35 heavy (non-hydrogen) atoms. The molecule has 0 aromatic heterocycles. The third kappa shape index (κ3) is 10.1. The van der Waals surface area contributed by atoms with E-state index in [2.05, 4.69) is 16.0 Å². The van der Waals surface area contributed by atoms with Crippen molar-refractivity contribution in [1.29, 1.82) is 0 Å². The summed E-state index contributed by atoms with van der Waals surface area (Å²) in [5.74, 6) is -5.23. The molecule has 1 aromatic rings. The number of rotatable bonds is 15. The van der Waals surface area contributed by atoms with Gasteiger partial charge in [0.25, 0.3) is 0 Å². The smallest absolute Gasteiger partial charge is 0.326 e. The van der Waals surface area contributed by atoms with E-state index < -0.39 is 66.9 Å². The average Bonchev–Trinajstić information content (AvgIpc) is 2.83. The summed E-state index contributed by atoms with van der Waals surface area (Å²) < 4.78 is 0. The van der Waals surface area contributed by atoms with Gasteiger partial charge >= 0.3 is 11.9 Å². The van der Waals surface area contributed by atoms with Crippen LogP contribution >= 0.6 is 0 Å². The van der Waals surface area contributed by atoms with Gasteiger partial charge in [-0.05, 0) is 17.9 Å². The zero-order valence-electron chi connectivity index (χ0n) is 19.8. The highest BCUT2D eigenvalue weighted by Gasteiger charge is 2.32. The van der Waals surface area contributed by atoms with Gasteiger partial charge in [-0.25, -0.2) is 4.79 Å². The van der Waals surface area contributed by atoms with Gasteiger partial charge in [0.1, 0.15) is 24.2 Å². The van der Waals surface area contributed by atoms with Crippen LogP contribution in [0.5, 0.6) is 0 Å². The van der Waals surface area contributed by atoms with Crippen LogP contribution in [0.1, 0.15) is 38.7 Å². The number of aliphatic carboxylic acids is 2. The molecule has 1 rings (SSSR count). The van der Waals surface area contributed by atoms with E-state index in [1.165, 1.54) is 0 Å². The van der Waals surface area contributed by atoms with Gasteiger partial charge in [-0.15, -0.1) is 0 Å². The van der Waals surface area contributed by atoms with Crippen LogP contribution in [-0.4, -0.2) is 75.8 Å². The van der Waals surface area contributed by atoms with Gasteiger partial charge in [-0.1, -0.05) is 50.6 Å². The quantitative estimate of drug-likeness (QED) is 0.159. The number of aliphatic hydroxyl groups excluding tert-OH is 1. The fourth-order valence-corrected chi connectivity index (χ4v) is 3.16. The van der Waals surface area contributed by atoms with Gasteiger partial charge < -0.3 is 37.0 Å². The normalized spacial score (nSPS) is 15.1. The van der Waals surface area contributed by atoms with Crippen LogP contribution in [-0.2, 0) is 30.4 Å². The van der Waals surface area contributed by atoms with Crippen LogP contribution in [0.25, 0.3) is 0 Å². The minimum Gasteiger partial charge on any atom is -0.481 e. The minimum atomic E-state index is -1.47. The average molecular weight is 495 g/mol. The number of carbonyl (C=O) groups excluding carboxylic acids is 3. The highest BCUT2D eigenvalue weighted by Crippen LogP contribution is 2.11. The maximum atomic E-state index is 13.1. The topological polar surface area (TPSA) is 208 Å². The number of carboxylic acid groups (broad SMARTS) is 2. The lowest BCUT2D eigenvalue weighted by molar-refractivity contribution is -0.143. The van der Waals surface area contributed by atoms with Crippen molar-refractivity contribution in [2.24, 2.45) is 11.7 Å². The molecule has 0 fully saturated rings. The molecule has 5 unspecified atom stereocenters. The van der Waals surface area contributed by atoms with E-state index in [0.29, 0.717) is 12.0 Å². The zero-order valence-corrected chi connectivity index (χ0v) is 19.8. The van der Waals surface area contributed by atoms with Crippen molar-refractivity contribution in [3.05, 3.63) is 35.9 Å². The van der Waals surface area contributed by atoms with Gasteiger partial charge in [0.15, 0.2) is 0 Å². The van der Waals surface area contributed by atoms with Gasteiger partial charge in [0.05, 0.1) is 6.61 Å². The number of amides is 3. The Kier molecular flexibility index (Phi) is 12.4. The number of hydrogen-bond donors (Lipinski definition) is 7. The molecule has 0 saturated carbocycles. The Bertz CT molecular complexity index is 880. The van der Waals surface area contributed by atoms with E-state index in [-0.39, 0.29) is 18.8 Å². The van der Waals surface area contributed by atoms with Crippen molar-refractivity contribution in [2.45, 2.75) is 63.7 Å². The number of aliphatic hydroxyl groups is 1. The Morgan fingerprint density at radius 1 is 0.914 bits per heavy atom. The van der Waals surface area contributed by atoms with Gasteiger partial charge in [0.2, 0.25) is 17.7 Å². The SMILES string of the molecule is CCC(C)C(NC(=O)C(N)CO)C(=O)NC(Cc1ccccc1)C(=O)NC(CCC(=O)O)C(=O)O. The summed E-state index contributed by atoms with van der Waals surface area (Å²) in [5.41, 5.74) is 6.21. The highest BCUT2D eigenvalue weighted by molar-refractivity contribution is 5.94. The number of benzene rings is 1. The Morgan fingerprint density at radius 3 is 2.03 bits per heavy atom. The van der Waals surface area contributed by atoms with Crippen LogP contribution in [0.2, 0.25) is 0 Å². The summed E-state index contributed by atoms with van der Waals surface area (Å²) in [6.45, 7) is 2.90. The van der Waals surface area contributed by atoms with Gasteiger partial charge in [-0.3, -0.25) is 19.2 Å².